The Kier molecular flexibility index (Phi) is 4.68. The fourth-order valence-electron chi connectivity index (χ4n) is 2.23. The fourth-order valence-corrected chi connectivity index (χ4v) is 3.43. The van der Waals surface area contributed by atoms with Crippen molar-refractivity contribution in [1.29, 1.82) is 0 Å². The molecule has 0 N–H and O–H groups in total. The summed E-state index contributed by atoms with van der Waals surface area (Å²) in [4.78, 5) is 4.25. The summed E-state index contributed by atoms with van der Waals surface area (Å²) >= 11 is 13.4. The van der Waals surface area contributed by atoms with Crippen LogP contribution in [0, 0.1) is 5.92 Å². The lowest BCUT2D eigenvalue weighted by atomic mass is 9.84. The van der Waals surface area contributed by atoms with Crippen LogP contribution in [-0.4, -0.2) is 10.9 Å². The second-order valence-corrected chi connectivity index (χ2v) is 6.15. The highest BCUT2D eigenvalue weighted by Crippen LogP contribution is 2.32. The van der Waals surface area contributed by atoms with E-state index in [1.165, 1.54) is 49.0 Å². The van der Waals surface area contributed by atoms with Crippen LogP contribution in [0.15, 0.2) is 11.8 Å². The summed E-state index contributed by atoms with van der Waals surface area (Å²) < 4.78 is 0.740. The Morgan fingerprint density at radius 2 is 2.19 bits per heavy atom. The van der Waals surface area contributed by atoms with Gasteiger partial charge in [-0.2, -0.15) is 0 Å². The quantitative estimate of drug-likeness (QED) is 0.708. The molecule has 0 aliphatic heterocycles. The maximum absolute atomic E-state index is 6.03. The molecule has 0 spiro atoms. The summed E-state index contributed by atoms with van der Waals surface area (Å²) in [6, 6.07) is 0. The molecule has 1 aromatic rings. The Labute approximate surface area is 110 Å². The standard InChI is InChI=1S/C12H15Cl2NS/c13-7-10(9-4-2-1-3-5-9)6-12-15-8-11(14)16-12/h6,8-9H,1-5,7H2/b10-6-. The van der Waals surface area contributed by atoms with Gasteiger partial charge in [-0.3, -0.25) is 0 Å². The predicted molar refractivity (Wildman–Crippen MR) is 72.4 cm³/mol. The van der Waals surface area contributed by atoms with Crippen LogP contribution in [0.3, 0.4) is 0 Å². The number of nitrogens with zero attached hydrogens (tertiary/aromatic N) is 1. The number of thiazole rings is 1. The highest BCUT2D eigenvalue weighted by molar-refractivity contribution is 7.16. The first kappa shape index (κ1) is 12.4. The van der Waals surface area contributed by atoms with Gasteiger partial charge in [0.1, 0.15) is 9.34 Å². The minimum atomic E-state index is 0.613. The molecule has 0 amide bonds. The van der Waals surface area contributed by atoms with Gasteiger partial charge in [-0.1, -0.05) is 30.9 Å². The number of hydrogen-bond acceptors (Lipinski definition) is 2. The molecular weight excluding hydrogens is 261 g/mol. The summed E-state index contributed by atoms with van der Waals surface area (Å²) in [5.41, 5.74) is 1.33. The van der Waals surface area contributed by atoms with Gasteiger partial charge < -0.3 is 0 Å². The minimum Gasteiger partial charge on any atom is -0.244 e. The summed E-state index contributed by atoms with van der Waals surface area (Å²) in [5.74, 6) is 1.27. The molecule has 2 rings (SSSR count). The highest BCUT2D eigenvalue weighted by atomic mass is 35.5. The largest absolute Gasteiger partial charge is 0.244 e. The van der Waals surface area contributed by atoms with E-state index >= 15 is 0 Å². The average molecular weight is 276 g/mol. The third-order valence-corrected chi connectivity index (χ3v) is 4.46. The first-order valence-corrected chi connectivity index (χ1v) is 7.40. The molecule has 1 aliphatic carbocycles. The number of allylic oxidation sites excluding steroid dienone is 1. The topological polar surface area (TPSA) is 12.9 Å². The lowest BCUT2D eigenvalue weighted by Crippen LogP contribution is -2.10. The summed E-state index contributed by atoms with van der Waals surface area (Å²) in [5, 5.41) is 0.978. The Balaban J connectivity index is 2.11. The summed E-state index contributed by atoms with van der Waals surface area (Å²) in [7, 11) is 0. The van der Waals surface area contributed by atoms with E-state index < -0.39 is 0 Å². The van der Waals surface area contributed by atoms with E-state index in [-0.39, 0.29) is 0 Å². The lowest BCUT2D eigenvalue weighted by molar-refractivity contribution is 0.405. The third-order valence-electron chi connectivity index (χ3n) is 3.09. The van der Waals surface area contributed by atoms with Crippen LogP contribution >= 0.6 is 34.5 Å². The van der Waals surface area contributed by atoms with Gasteiger partial charge in [0.05, 0.1) is 6.20 Å². The van der Waals surface area contributed by atoms with Crippen LogP contribution in [0.4, 0.5) is 0 Å². The molecule has 1 fully saturated rings. The van der Waals surface area contributed by atoms with E-state index in [1.807, 2.05) is 0 Å². The molecule has 0 atom stereocenters. The number of aromatic nitrogens is 1. The van der Waals surface area contributed by atoms with Gasteiger partial charge in [-0.25, -0.2) is 4.98 Å². The van der Waals surface area contributed by atoms with Crippen LogP contribution in [0.5, 0.6) is 0 Å². The second-order valence-electron chi connectivity index (χ2n) is 4.19. The molecule has 0 bridgehead atoms. The molecule has 0 aromatic carbocycles. The molecule has 1 saturated carbocycles. The van der Waals surface area contributed by atoms with Crippen molar-refractivity contribution in [1.82, 2.24) is 4.98 Å². The maximum atomic E-state index is 6.03. The number of hydrogen-bond donors (Lipinski definition) is 0. The molecular formula is C12H15Cl2NS. The Bertz CT molecular complexity index is 367. The molecule has 1 heterocycles. The number of rotatable bonds is 3. The van der Waals surface area contributed by atoms with Crippen molar-refractivity contribution in [2.75, 3.05) is 5.88 Å². The van der Waals surface area contributed by atoms with E-state index in [4.69, 9.17) is 23.2 Å². The SMILES string of the molecule is ClC/C(=C/c1ncc(Cl)s1)C1CCCCC1. The first-order chi connectivity index (χ1) is 7.79. The van der Waals surface area contributed by atoms with Gasteiger partial charge in [-0.15, -0.1) is 22.9 Å². The zero-order chi connectivity index (χ0) is 11.4. The molecule has 1 aliphatic rings. The van der Waals surface area contributed by atoms with Crippen molar-refractivity contribution in [2.45, 2.75) is 32.1 Å². The first-order valence-electron chi connectivity index (χ1n) is 5.67. The number of halogens is 2. The monoisotopic (exact) mass is 275 g/mol. The van der Waals surface area contributed by atoms with Gasteiger partial charge >= 0.3 is 0 Å². The molecule has 88 valence electrons. The zero-order valence-corrected chi connectivity index (χ0v) is 11.4. The van der Waals surface area contributed by atoms with Gasteiger partial charge in [0.15, 0.2) is 0 Å². The van der Waals surface area contributed by atoms with Crippen molar-refractivity contribution in [2.24, 2.45) is 5.92 Å². The molecule has 4 heteroatoms. The van der Waals surface area contributed by atoms with Gasteiger partial charge in [-0.05, 0) is 30.4 Å². The molecule has 1 aromatic heterocycles. The number of alkyl halides is 1. The van der Waals surface area contributed by atoms with E-state index in [9.17, 15) is 0 Å². The average Bonchev–Trinajstić information content (AvgIpc) is 2.73. The molecule has 1 nitrogen and oxygen atoms in total. The van der Waals surface area contributed by atoms with Crippen LogP contribution in [0.2, 0.25) is 4.34 Å². The van der Waals surface area contributed by atoms with Crippen molar-refractivity contribution >= 4 is 40.6 Å². The second kappa shape index (κ2) is 6.04. The Hall–Kier alpha value is -0.0500. The third kappa shape index (κ3) is 3.22. The maximum Gasteiger partial charge on any atom is 0.117 e. The van der Waals surface area contributed by atoms with E-state index in [0.29, 0.717) is 11.8 Å². The van der Waals surface area contributed by atoms with E-state index in [2.05, 4.69) is 11.1 Å². The van der Waals surface area contributed by atoms with E-state index in [1.54, 1.807) is 6.20 Å². The molecule has 0 saturated heterocycles. The summed E-state index contributed by atoms with van der Waals surface area (Å²) in [6.07, 6.45) is 10.4. The van der Waals surface area contributed by atoms with Crippen molar-refractivity contribution in [3.05, 3.63) is 21.1 Å². The van der Waals surface area contributed by atoms with E-state index in [0.717, 1.165) is 9.34 Å². The van der Waals surface area contributed by atoms with Crippen molar-refractivity contribution < 1.29 is 0 Å². The zero-order valence-electron chi connectivity index (χ0n) is 9.09. The fraction of sp³-hybridized carbons (Fsp3) is 0.583. The van der Waals surface area contributed by atoms with Crippen molar-refractivity contribution in [3.8, 4) is 0 Å². The Morgan fingerprint density at radius 1 is 1.44 bits per heavy atom. The van der Waals surface area contributed by atoms with Crippen molar-refractivity contribution in [3.63, 3.8) is 0 Å². The molecule has 0 unspecified atom stereocenters. The van der Waals surface area contributed by atoms with Crippen LogP contribution < -0.4 is 0 Å². The van der Waals surface area contributed by atoms with Gasteiger partial charge in [0.2, 0.25) is 0 Å². The predicted octanol–water partition coefficient (Wildman–Crippen LogP) is 5.00. The van der Waals surface area contributed by atoms with Crippen LogP contribution in [0.25, 0.3) is 6.08 Å². The molecule has 16 heavy (non-hydrogen) atoms. The van der Waals surface area contributed by atoms with Gasteiger partial charge in [0, 0.05) is 5.88 Å². The lowest BCUT2D eigenvalue weighted by Gasteiger charge is -2.23. The van der Waals surface area contributed by atoms with Gasteiger partial charge in [0.25, 0.3) is 0 Å². The Morgan fingerprint density at radius 3 is 2.75 bits per heavy atom. The highest BCUT2D eigenvalue weighted by Gasteiger charge is 2.17. The van der Waals surface area contributed by atoms with Crippen LogP contribution in [0.1, 0.15) is 37.1 Å². The smallest absolute Gasteiger partial charge is 0.117 e. The normalized spacial score (nSPS) is 19.0. The van der Waals surface area contributed by atoms with Crippen LogP contribution in [-0.2, 0) is 0 Å². The summed E-state index contributed by atoms with van der Waals surface area (Å²) in [6.45, 7) is 0. The minimum absolute atomic E-state index is 0.613. The molecule has 0 radical (unpaired) electrons.